The van der Waals surface area contributed by atoms with Crippen LogP contribution in [-0.4, -0.2) is 16.6 Å². The minimum absolute atomic E-state index is 0.265. The van der Waals surface area contributed by atoms with Gasteiger partial charge in [-0.05, 0) is 39.7 Å². The van der Waals surface area contributed by atoms with Gasteiger partial charge in [-0.2, -0.15) is 0 Å². The Labute approximate surface area is 109 Å². The van der Waals surface area contributed by atoms with Gasteiger partial charge in [-0.1, -0.05) is 36.8 Å². The number of nitrogens with one attached hydrogen (secondary N) is 1. The fourth-order valence-corrected chi connectivity index (χ4v) is 2.17. The van der Waals surface area contributed by atoms with Crippen molar-refractivity contribution in [3.05, 3.63) is 35.4 Å². The smallest absolute Gasteiger partial charge is 0.328 e. The zero-order valence-corrected chi connectivity index (χ0v) is 11.9. The number of aliphatic carboxylic acids is 1. The first-order chi connectivity index (χ1) is 8.21. The van der Waals surface area contributed by atoms with Crippen LogP contribution in [-0.2, 0) is 10.3 Å². The predicted octanol–water partition coefficient (Wildman–Crippen LogP) is 3.07. The van der Waals surface area contributed by atoms with Crippen molar-refractivity contribution in [2.45, 2.75) is 52.1 Å². The molecule has 0 aliphatic carbocycles. The minimum atomic E-state index is -1.02. The molecular formula is C15H23NO2. The first-order valence-corrected chi connectivity index (χ1v) is 6.31. The van der Waals surface area contributed by atoms with Gasteiger partial charge >= 0.3 is 5.97 Å². The number of carboxylic acid groups (broad SMARTS) is 1. The second kappa shape index (κ2) is 5.11. The van der Waals surface area contributed by atoms with Crippen molar-refractivity contribution in [2.75, 3.05) is 0 Å². The van der Waals surface area contributed by atoms with E-state index < -0.39 is 11.5 Å². The molecule has 1 atom stereocenters. The van der Waals surface area contributed by atoms with Gasteiger partial charge in [0.2, 0.25) is 0 Å². The van der Waals surface area contributed by atoms with Crippen molar-refractivity contribution >= 4 is 5.97 Å². The Morgan fingerprint density at radius 3 is 2.06 bits per heavy atom. The lowest BCUT2D eigenvalue weighted by Gasteiger charge is -2.37. The van der Waals surface area contributed by atoms with Gasteiger partial charge < -0.3 is 5.11 Å². The average molecular weight is 249 g/mol. The van der Waals surface area contributed by atoms with E-state index in [0.29, 0.717) is 6.42 Å². The molecule has 0 heterocycles. The standard InChI is InChI=1S/C15H23NO2/c1-6-15(13(17)18,16-14(3,4)5)12-9-7-11(2)8-10-12/h7-10,16H,6H2,1-5H3,(H,17,18). The quantitative estimate of drug-likeness (QED) is 0.862. The molecule has 0 spiro atoms. The zero-order chi connectivity index (χ0) is 14.0. The Balaban J connectivity index is 3.27. The van der Waals surface area contributed by atoms with Crippen LogP contribution in [0.15, 0.2) is 24.3 Å². The molecule has 3 nitrogen and oxygen atoms in total. The Morgan fingerprint density at radius 2 is 1.72 bits per heavy atom. The molecule has 0 radical (unpaired) electrons. The normalized spacial score (nSPS) is 15.2. The number of carboxylic acids is 1. The third kappa shape index (κ3) is 3.10. The number of benzene rings is 1. The van der Waals surface area contributed by atoms with Gasteiger partial charge in [0, 0.05) is 5.54 Å². The number of carbonyl (C=O) groups is 1. The molecular weight excluding hydrogens is 226 g/mol. The molecule has 3 heteroatoms. The first kappa shape index (κ1) is 14.7. The molecule has 1 unspecified atom stereocenters. The summed E-state index contributed by atoms with van der Waals surface area (Å²) in [5, 5.41) is 12.9. The second-order valence-electron chi connectivity index (χ2n) is 5.81. The van der Waals surface area contributed by atoms with Gasteiger partial charge in [-0.25, -0.2) is 4.79 Å². The van der Waals surface area contributed by atoms with Crippen LogP contribution in [0.4, 0.5) is 0 Å². The summed E-state index contributed by atoms with van der Waals surface area (Å²) in [6, 6.07) is 7.69. The molecule has 2 N–H and O–H groups in total. The maximum absolute atomic E-state index is 11.8. The van der Waals surface area contributed by atoms with Gasteiger partial charge in [-0.3, -0.25) is 5.32 Å². The molecule has 0 saturated heterocycles. The van der Waals surface area contributed by atoms with E-state index in [9.17, 15) is 9.90 Å². The van der Waals surface area contributed by atoms with E-state index in [1.807, 2.05) is 58.9 Å². The molecule has 1 rings (SSSR count). The van der Waals surface area contributed by atoms with E-state index in [0.717, 1.165) is 11.1 Å². The summed E-state index contributed by atoms with van der Waals surface area (Å²) >= 11 is 0. The van der Waals surface area contributed by atoms with E-state index in [1.165, 1.54) is 0 Å². The summed E-state index contributed by atoms with van der Waals surface area (Å²) < 4.78 is 0. The minimum Gasteiger partial charge on any atom is -0.480 e. The SMILES string of the molecule is CCC(NC(C)(C)C)(C(=O)O)c1ccc(C)cc1. The summed E-state index contributed by atoms with van der Waals surface area (Å²) in [4.78, 5) is 11.8. The summed E-state index contributed by atoms with van der Waals surface area (Å²) in [5.74, 6) is -0.830. The lowest BCUT2D eigenvalue weighted by atomic mass is 9.84. The molecule has 0 saturated carbocycles. The van der Waals surface area contributed by atoms with Crippen LogP contribution < -0.4 is 5.32 Å². The highest BCUT2D eigenvalue weighted by Crippen LogP contribution is 2.28. The van der Waals surface area contributed by atoms with Gasteiger partial charge in [0.05, 0.1) is 0 Å². The van der Waals surface area contributed by atoms with Crippen LogP contribution in [0.2, 0.25) is 0 Å². The number of hydrogen-bond donors (Lipinski definition) is 2. The molecule has 100 valence electrons. The van der Waals surface area contributed by atoms with Crippen molar-refractivity contribution in [1.29, 1.82) is 0 Å². The van der Waals surface area contributed by atoms with E-state index >= 15 is 0 Å². The molecule has 1 aromatic carbocycles. The Kier molecular flexibility index (Phi) is 4.17. The first-order valence-electron chi connectivity index (χ1n) is 6.31. The third-order valence-electron chi connectivity index (χ3n) is 3.03. The zero-order valence-electron chi connectivity index (χ0n) is 11.9. The van der Waals surface area contributed by atoms with Crippen LogP contribution in [0.5, 0.6) is 0 Å². The summed E-state index contributed by atoms with van der Waals surface area (Å²) in [7, 11) is 0. The van der Waals surface area contributed by atoms with E-state index in [-0.39, 0.29) is 5.54 Å². The highest BCUT2D eigenvalue weighted by molar-refractivity contribution is 5.81. The van der Waals surface area contributed by atoms with Crippen molar-refractivity contribution in [3.8, 4) is 0 Å². The van der Waals surface area contributed by atoms with Crippen LogP contribution >= 0.6 is 0 Å². The number of rotatable bonds is 4. The van der Waals surface area contributed by atoms with Gasteiger partial charge in [0.15, 0.2) is 0 Å². The third-order valence-corrected chi connectivity index (χ3v) is 3.03. The molecule has 0 bridgehead atoms. The van der Waals surface area contributed by atoms with Crippen molar-refractivity contribution in [2.24, 2.45) is 0 Å². The predicted molar refractivity (Wildman–Crippen MR) is 73.7 cm³/mol. The molecule has 0 fully saturated rings. The maximum atomic E-state index is 11.8. The van der Waals surface area contributed by atoms with E-state index in [1.54, 1.807) is 0 Å². The van der Waals surface area contributed by atoms with Gasteiger partial charge in [0.25, 0.3) is 0 Å². The van der Waals surface area contributed by atoms with Crippen LogP contribution in [0.1, 0.15) is 45.2 Å². The lowest BCUT2D eigenvalue weighted by molar-refractivity contribution is -0.146. The molecule has 18 heavy (non-hydrogen) atoms. The topological polar surface area (TPSA) is 49.3 Å². The molecule has 0 aromatic heterocycles. The fraction of sp³-hybridized carbons (Fsp3) is 0.533. The van der Waals surface area contributed by atoms with Gasteiger partial charge in [-0.15, -0.1) is 0 Å². The van der Waals surface area contributed by atoms with Crippen LogP contribution in [0.3, 0.4) is 0 Å². The van der Waals surface area contributed by atoms with Crippen molar-refractivity contribution in [1.82, 2.24) is 5.32 Å². The van der Waals surface area contributed by atoms with E-state index in [4.69, 9.17) is 0 Å². The van der Waals surface area contributed by atoms with Crippen LogP contribution in [0, 0.1) is 6.92 Å². The lowest BCUT2D eigenvalue weighted by Crippen LogP contribution is -2.56. The second-order valence-corrected chi connectivity index (χ2v) is 5.81. The highest BCUT2D eigenvalue weighted by Gasteiger charge is 2.41. The maximum Gasteiger partial charge on any atom is 0.328 e. The fourth-order valence-electron chi connectivity index (χ4n) is 2.17. The number of hydrogen-bond acceptors (Lipinski definition) is 2. The van der Waals surface area contributed by atoms with E-state index in [2.05, 4.69) is 5.32 Å². The van der Waals surface area contributed by atoms with Crippen molar-refractivity contribution < 1.29 is 9.90 Å². The molecule has 0 amide bonds. The average Bonchev–Trinajstić information content (AvgIpc) is 2.25. The Bertz CT molecular complexity index is 417. The Hall–Kier alpha value is -1.35. The molecule has 1 aromatic rings. The highest BCUT2D eigenvalue weighted by atomic mass is 16.4. The monoisotopic (exact) mass is 249 g/mol. The largest absolute Gasteiger partial charge is 0.480 e. The van der Waals surface area contributed by atoms with Gasteiger partial charge in [0.1, 0.15) is 5.54 Å². The van der Waals surface area contributed by atoms with Crippen molar-refractivity contribution in [3.63, 3.8) is 0 Å². The summed E-state index contributed by atoms with van der Waals surface area (Å²) in [5.41, 5.74) is 0.647. The van der Waals surface area contributed by atoms with Crippen LogP contribution in [0.25, 0.3) is 0 Å². The summed E-state index contributed by atoms with van der Waals surface area (Å²) in [6.07, 6.45) is 0.503. The summed E-state index contributed by atoms with van der Waals surface area (Å²) in [6.45, 7) is 9.83. The molecule has 0 aliphatic heterocycles. The molecule has 0 aliphatic rings. The Morgan fingerprint density at radius 1 is 1.22 bits per heavy atom. The number of aryl methyl sites for hydroxylation is 1.